The van der Waals surface area contributed by atoms with Crippen LogP contribution in [0.2, 0.25) is 0 Å². The van der Waals surface area contributed by atoms with Crippen LogP contribution in [-0.2, 0) is 4.74 Å². The van der Waals surface area contributed by atoms with Gasteiger partial charge in [-0.15, -0.1) is 5.10 Å². The first-order chi connectivity index (χ1) is 18.4. The molecule has 5 rings (SSSR count). The molecule has 0 aliphatic carbocycles. The third kappa shape index (κ3) is 4.61. The van der Waals surface area contributed by atoms with Crippen molar-refractivity contribution in [2.24, 2.45) is 0 Å². The number of hydrogen-bond acceptors (Lipinski definition) is 10. The van der Waals surface area contributed by atoms with Crippen molar-refractivity contribution in [3.63, 3.8) is 0 Å². The highest BCUT2D eigenvalue weighted by Crippen LogP contribution is 2.34. The minimum Gasteiger partial charge on any atom is -0.479 e. The van der Waals surface area contributed by atoms with Crippen molar-refractivity contribution in [1.29, 1.82) is 5.26 Å². The predicted molar refractivity (Wildman–Crippen MR) is 130 cm³/mol. The van der Waals surface area contributed by atoms with E-state index in [0.29, 0.717) is 35.6 Å². The maximum atomic E-state index is 13.4. The van der Waals surface area contributed by atoms with Crippen LogP contribution in [0, 0.1) is 24.2 Å². The van der Waals surface area contributed by atoms with E-state index in [9.17, 15) is 14.3 Å². The van der Waals surface area contributed by atoms with Crippen molar-refractivity contribution in [3.05, 3.63) is 59.6 Å². The molecule has 1 fully saturated rings. The first-order valence-electron chi connectivity index (χ1n) is 12.0. The van der Waals surface area contributed by atoms with Crippen molar-refractivity contribution >= 4 is 11.5 Å². The van der Waals surface area contributed by atoms with E-state index in [1.54, 1.807) is 17.2 Å². The topological polar surface area (TPSA) is 144 Å². The van der Waals surface area contributed by atoms with Gasteiger partial charge in [-0.05, 0) is 38.0 Å². The van der Waals surface area contributed by atoms with E-state index >= 15 is 0 Å². The zero-order valence-electron chi connectivity index (χ0n) is 20.8. The molecule has 1 N–H and O–H groups in total. The first-order valence-corrected chi connectivity index (χ1v) is 12.0. The Morgan fingerprint density at radius 1 is 1.32 bits per heavy atom. The van der Waals surface area contributed by atoms with Crippen LogP contribution in [0.1, 0.15) is 46.7 Å². The number of carbonyl (C=O) groups excluding carboxylic acids is 1. The number of ether oxygens (including phenoxy) is 2. The molecule has 38 heavy (non-hydrogen) atoms. The van der Waals surface area contributed by atoms with E-state index in [-0.39, 0.29) is 17.4 Å². The Morgan fingerprint density at radius 2 is 2.11 bits per heavy atom. The van der Waals surface area contributed by atoms with E-state index < -0.39 is 24.5 Å². The van der Waals surface area contributed by atoms with Gasteiger partial charge < -0.3 is 19.5 Å². The van der Waals surface area contributed by atoms with Gasteiger partial charge in [-0.2, -0.15) is 10.4 Å². The van der Waals surface area contributed by atoms with Crippen molar-refractivity contribution in [1.82, 2.24) is 34.5 Å². The zero-order chi connectivity index (χ0) is 26.8. The normalized spacial score (nSPS) is 14.9. The summed E-state index contributed by atoms with van der Waals surface area (Å²) in [6.07, 6.45) is 6.90. The average Bonchev–Trinajstić information content (AvgIpc) is 3.55. The number of aliphatic hydroxyl groups is 1. The molecule has 0 bridgehead atoms. The van der Waals surface area contributed by atoms with Gasteiger partial charge in [-0.3, -0.25) is 4.98 Å². The van der Waals surface area contributed by atoms with Crippen LogP contribution in [0.5, 0.6) is 5.75 Å². The van der Waals surface area contributed by atoms with Crippen LogP contribution >= 0.6 is 0 Å². The van der Waals surface area contributed by atoms with Gasteiger partial charge in [-0.1, -0.05) is 5.21 Å². The van der Waals surface area contributed by atoms with Gasteiger partial charge in [-0.25, -0.2) is 18.4 Å². The summed E-state index contributed by atoms with van der Waals surface area (Å²) in [6, 6.07) is 4.44. The lowest BCUT2D eigenvalue weighted by Crippen LogP contribution is -2.31. The van der Waals surface area contributed by atoms with Crippen molar-refractivity contribution in [2.75, 3.05) is 26.8 Å². The summed E-state index contributed by atoms with van der Waals surface area (Å²) in [6.45, 7) is 2.78. The van der Waals surface area contributed by atoms with Crippen LogP contribution in [0.4, 0.5) is 4.39 Å². The number of halogens is 1. The Morgan fingerprint density at radius 3 is 2.76 bits per heavy atom. The highest BCUT2D eigenvalue weighted by molar-refractivity contribution is 5.99. The molecule has 0 spiro atoms. The summed E-state index contributed by atoms with van der Waals surface area (Å²) in [5.74, 6) is -0.902. The number of rotatable bonds is 7. The largest absolute Gasteiger partial charge is 0.479 e. The van der Waals surface area contributed by atoms with E-state index in [4.69, 9.17) is 14.7 Å². The summed E-state index contributed by atoms with van der Waals surface area (Å²) in [7, 11) is 1.27. The van der Waals surface area contributed by atoms with Gasteiger partial charge in [0.1, 0.15) is 28.3 Å². The number of esters is 1. The highest BCUT2D eigenvalue weighted by atomic mass is 19.1. The third-order valence-corrected chi connectivity index (χ3v) is 6.65. The Bertz CT molecular complexity index is 1500. The SMILES string of the molecule is COC(=O)c1cnn2cc(-c3nnn(C4CCN(C#N)CC4)c3C)cc(O[C@H](CO)c3ccc(F)cn3)c12. The van der Waals surface area contributed by atoms with Crippen molar-refractivity contribution in [2.45, 2.75) is 31.9 Å². The molecule has 12 nitrogen and oxygen atoms in total. The number of pyridine rings is 2. The van der Waals surface area contributed by atoms with Crippen LogP contribution in [0.25, 0.3) is 16.8 Å². The minimum absolute atomic E-state index is 0.110. The number of nitriles is 1. The monoisotopic (exact) mass is 520 g/mol. The molecular formula is C25H25FN8O4. The quantitative estimate of drug-likeness (QED) is 0.285. The maximum absolute atomic E-state index is 13.4. The summed E-state index contributed by atoms with van der Waals surface area (Å²) in [4.78, 5) is 18.2. The van der Waals surface area contributed by atoms with Crippen molar-refractivity contribution in [3.8, 4) is 23.2 Å². The number of carbonyl (C=O) groups is 1. The number of aromatic nitrogens is 6. The molecule has 0 unspecified atom stereocenters. The number of aliphatic hydroxyl groups excluding tert-OH is 1. The highest BCUT2D eigenvalue weighted by Gasteiger charge is 2.26. The number of methoxy groups -OCH3 is 1. The molecule has 1 aliphatic heterocycles. The molecule has 1 aliphatic rings. The van der Waals surface area contributed by atoms with Gasteiger partial charge in [0.2, 0.25) is 0 Å². The van der Waals surface area contributed by atoms with E-state index in [1.807, 2.05) is 11.6 Å². The van der Waals surface area contributed by atoms with Crippen LogP contribution in [0.3, 0.4) is 0 Å². The average molecular weight is 521 g/mol. The maximum Gasteiger partial charge on any atom is 0.341 e. The summed E-state index contributed by atoms with van der Waals surface area (Å²) < 4.78 is 27.8. The standard InChI is InChI=1S/C25H25FN8O4/c1-15-23(30-31-34(15)18-5-7-32(14-27)8-6-18)16-9-21(24-19(25(36)37-2)11-29-33(24)12-16)38-22(13-35)20-4-3-17(26)10-28-20/h3-4,9-12,18,22,35H,5-8,13H2,1-2H3/t22-/m1/s1. The minimum atomic E-state index is -0.947. The number of piperidine rings is 1. The second kappa shape index (κ2) is 10.4. The Kier molecular flexibility index (Phi) is 6.89. The molecule has 4 aromatic heterocycles. The van der Waals surface area contributed by atoms with E-state index in [1.165, 1.54) is 30.0 Å². The summed E-state index contributed by atoms with van der Waals surface area (Å²) in [5.41, 5.74) is 2.84. The molecular weight excluding hydrogens is 495 g/mol. The lowest BCUT2D eigenvalue weighted by atomic mass is 10.0. The van der Waals surface area contributed by atoms with Gasteiger partial charge in [0, 0.05) is 24.8 Å². The Balaban J connectivity index is 1.56. The fourth-order valence-corrected chi connectivity index (χ4v) is 4.65. The van der Waals surface area contributed by atoms with Gasteiger partial charge in [0.05, 0.1) is 43.5 Å². The molecule has 196 valence electrons. The molecule has 4 aromatic rings. The predicted octanol–water partition coefficient (Wildman–Crippen LogP) is 2.45. The lowest BCUT2D eigenvalue weighted by molar-refractivity contribution is 0.0602. The Hall–Kier alpha value is -4.57. The molecule has 5 heterocycles. The second-order valence-corrected chi connectivity index (χ2v) is 8.91. The van der Waals surface area contributed by atoms with Crippen molar-refractivity contribution < 1.29 is 23.8 Å². The zero-order valence-corrected chi connectivity index (χ0v) is 20.8. The number of hydrogen-bond donors (Lipinski definition) is 1. The van der Waals surface area contributed by atoms with Crippen LogP contribution < -0.4 is 4.74 Å². The molecule has 0 saturated carbocycles. The molecule has 1 saturated heterocycles. The number of nitrogens with zero attached hydrogens (tertiary/aromatic N) is 8. The third-order valence-electron chi connectivity index (χ3n) is 6.65. The van der Waals surface area contributed by atoms with Crippen LogP contribution in [0.15, 0.2) is 36.8 Å². The summed E-state index contributed by atoms with van der Waals surface area (Å²) in [5, 5.41) is 32.3. The molecule has 0 amide bonds. The van der Waals surface area contributed by atoms with E-state index in [0.717, 1.165) is 24.7 Å². The number of likely N-dealkylation sites (tertiary alicyclic amines) is 1. The Labute approximate surface area is 216 Å². The van der Waals surface area contributed by atoms with Crippen LogP contribution in [-0.4, -0.2) is 72.4 Å². The molecule has 0 radical (unpaired) electrons. The van der Waals surface area contributed by atoms with Gasteiger partial charge in [0.15, 0.2) is 12.3 Å². The fraction of sp³-hybridized carbons (Fsp3) is 0.360. The second-order valence-electron chi connectivity index (χ2n) is 8.91. The molecule has 0 aromatic carbocycles. The van der Waals surface area contributed by atoms with E-state index in [2.05, 4.69) is 26.6 Å². The summed E-state index contributed by atoms with van der Waals surface area (Å²) >= 11 is 0. The smallest absolute Gasteiger partial charge is 0.341 e. The van der Waals surface area contributed by atoms with Gasteiger partial charge >= 0.3 is 5.97 Å². The molecule has 13 heteroatoms. The first kappa shape index (κ1) is 25.1. The lowest BCUT2D eigenvalue weighted by Gasteiger charge is -2.28. The molecule has 1 atom stereocenters. The number of fused-ring (bicyclic) bond motifs is 1. The van der Waals surface area contributed by atoms with Gasteiger partial charge in [0.25, 0.3) is 0 Å². The fourth-order valence-electron chi connectivity index (χ4n) is 4.65.